The van der Waals surface area contributed by atoms with Crippen molar-refractivity contribution in [2.24, 2.45) is 5.73 Å². The first-order valence-corrected chi connectivity index (χ1v) is 3.69. The van der Waals surface area contributed by atoms with Crippen molar-refractivity contribution < 1.29 is 5.11 Å². The molecule has 1 fully saturated rings. The molecule has 0 saturated heterocycles. The molecule has 0 aliphatic heterocycles. The van der Waals surface area contributed by atoms with Gasteiger partial charge in [-0.1, -0.05) is 0 Å². The molecule has 3 N–H and O–H groups in total. The van der Waals surface area contributed by atoms with Crippen LogP contribution in [0.15, 0.2) is 0 Å². The summed E-state index contributed by atoms with van der Waals surface area (Å²) in [5.74, 6) is 0. The quantitative estimate of drug-likeness (QED) is 0.587. The zero-order chi connectivity index (χ0) is 6.74. The van der Waals surface area contributed by atoms with Gasteiger partial charge in [-0.25, -0.2) is 0 Å². The van der Waals surface area contributed by atoms with Crippen LogP contribution in [-0.2, 0) is 0 Å². The van der Waals surface area contributed by atoms with E-state index in [4.69, 9.17) is 5.73 Å². The monoisotopic (exact) mass is 129 g/mol. The second-order valence-corrected chi connectivity index (χ2v) is 2.97. The Labute approximate surface area is 56.1 Å². The third kappa shape index (κ3) is 1.66. The maximum atomic E-state index is 9.49. The van der Waals surface area contributed by atoms with E-state index in [0.717, 1.165) is 25.7 Å². The first kappa shape index (κ1) is 7.03. The van der Waals surface area contributed by atoms with Crippen LogP contribution < -0.4 is 5.73 Å². The molecule has 1 aliphatic carbocycles. The first-order valence-electron chi connectivity index (χ1n) is 3.69. The second kappa shape index (κ2) is 2.67. The van der Waals surface area contributed by atoms with Gasteiger partial charge in [-0.3, -0.25) is 0 Å². The van der Waals surface area contributed by atoms with E-state index in [9.17, 15) is 5.11 Å². The lowest BCUT2D eigenvalue weighted by molar-refractivity contribution is -0.0410. The molecule has 0 bridgehead atoms. The molecule has 9 heavy (non-hydrogen) atoms. The van der Waals surface area contributed by atoms with Crippen LogP contribution in [0.2, 0.25) is 0 Å². The van der Waals surface area contributed by atoms with Crippen LogP contribution in [0.4, 0.5) is 0 Å². The number of nitrogens with two attached hydrogens (primary N) is 1. The smallest absolute Gasteiger partial charge is 0.0648 e. The Bertz CT molecular complexity index is 88.9. The van der Waals surface area contributed by atoms with Crippen LogP contribution in [0.1, 0.15) is 32.1 Å². The predicted octanol–water partition coefficient (Wildman–Crippen LogP) is 0.640. The molecule has 0 spiro atoms. The van der Waals surface area contributed by atoms with Crippen molar-refractivity contribution in [3.8, 4) is 0 Å². The summed E-state index contributed by atoms with van der Waals surface area (Å²) in [6.45, 7) is 0.711. The van der Waals surface area contributed by atoms with E-state index >= 15 is 0 Å². The topological polar surface area (TPSA) is 46.2 Å². The normalized spacial score (nSPS) is 23.3. The van der Waals surface area contributed by atoms with E-state index in [1.807, 2.05) is 0 Å². The molecule has 1 saturated carbocycles. The summed E-state index contributed by atoms with van der Waals surface area (Å²) in [7, 11) is 0. The van der Waals surface area contributed by atoms with E-state index in [0.29, 0.717) is 6.54 Å². The molecule has 54 valence electrons. The number of hydrogen-bond donors (Lipinski definition) is 2. The van der Waals surface area contributed by atoms with Gasteiger partial charge in [-0.15, -0.1) is 0 Å². The van der Waals surface area contributed by atoms with Gasteiger partial charge in [0.15, 0.2) is 0 Å². The average molecular weight is 129 g/mol. The molecule has 2 heteroatoms. The Balaban J connectivity index is 2.09. The molecule has 0 aromatic rings. The Morgan fingerprint density at radius 3 is 2.44 bits per heavy atom. The van der Waals surface area contributed by atoms with Gasteiger partial charge in [0.05, 0.1) is 5.60 Å². The first-order chi connectivity index (χ1) is 4.27. The van der Waals surface area contributed by atoms with Gasteiger partial charge in [0.2, 0.25) is 0 Å². The van der Waals surface area contributed by atoms with E-state index in [1.165, 1.54) is 6.42 Å². The Hall–Kier alpha value is -0.0800. The van der Waals surface area contributed by atoms with Gasteiger partial charge in [-0.2, -0.15) is 0 Å². The minimum absolute atomic E-state index is 0.306. The minimum atomic E-state index is -0.306. The van der Waals surface area contributed by atoms with Gasteiger partial charge in [0.25, 0.3) is 0 Å². The van der Waals surface area contributed by atoms with Crippen molar-refractivity contribution in [1.29, 1.82) is 0 Å². The van der Waals surface area contributed by atoms with Crippen molar-refractivity contribution in [2.75, 3.05) is 6.54 Å². The Kier molecular flexibility index (Phi) is 2.09. The summed E-state index contributed by atoms with van der Waals surface area (Å²) in [5, 5.41) is 9.49. The molecule has 0 aromatic heterocycles. The van der Waals surface area contributed by atoms with E-state index in [2.05, 4.69) is 0 Å². The second-order valence-electron chi connectivity index (χ2n) is 2.97. The molecule has 0 radical (unpaired) electrons. The summed E-state index contributed by atoms with van der Waals surface area (Å²) in [5.41, 5.74) is 5.00. The fourth-order valence-corrected chi connectivity index (χ4v) is 1.27. The largest absolute Gasteiger partial charge is 0.390 e. The summed E-state index contributed by atoms with van der Waals surface area (Å²) in [6, 6.07) is 0. The van der Waals surface area contributed by atoms with E-state index < -0.39 is 0 Å². The summed E-state index contributed by atoms with van der Waals surface area (Å²) in [4.78, 5) is 0. The van der Waals surface area contributed by atoms with Crippen molar-refractivity contribution in [1.82, 2.24) is 0 Å². The molecule has 0 unspecified atom stereocenters. The molecule has 0 amide bonds. The van der Waals surface area contributed by atoms with Crippen molar-refractivity contribution >= 4 is 0 Å². The van der Waals surface area contributed by atoms with Gasteiger partial charge in [-0.05, 0) is 38.6 Å². The molecule has 1 aliphatic rings. The minimum Gasteiger partial charge on any atom is -0.390 e. The predicted molar refractivity (Wildman–Crippen MR) is 37.1 cm³/mol. The fourth-order valence-electron chi connectivity index (χ4n) is 1.27. The highest BCUT2D eigenvalue weighted by Crippen LogP contribution is 2.35. The third-order valence-corrected chi connectivity index (χ3v) is 2.13. The average Bonchev–Trinajstić information content (AvgIpc) is 1.79. The SMILES string of the molecule is NCCCC1(O)CCC1. The summed E-state index contributed by atoms with van der Waals surface area (Å²) >= 11 is 0. The Morgan fingerprint density at radius 1 is 1.44 bits per heavy atom. The van der Waals surface area contributed by atoms with Crippen LogP contribution >= 0.6 is 0 Å². The van der Waals surface area contributed by atoms with Crippen LogP contribution in [0, 0.1) is 0 Å². The van der Waals surface area contributed by atoms with Crippen molar-refractivity contribution in [3.63, 3.8) is 0 Å². The summed E-state index contributed by atoms with van der Waals surface area (Å²) in [6.07, 6.45) is 5.06. The van der Waals surface area contributed by atoms with E-state index in [-0.39, 0.29) is 5.60 Å². The fraction of sp³-hybridized carbons (Fsp3) is 1.00. The van der Waals surface area contributed by atoms with Crippen LogP contribution in [-0.4, -0.2) is 17.3 Å². The standard InChI is InChI=1S/C7H15NO/c8-6-2-5-7(9)3-1-4-7/h9H,1-6,8H2. The highest BCUT2D eigenvalue weighted by molar-refractivity contribution is 4.86. The van der Waals surface area contributed by atoms with Crippen molar-refractivity contribution in [2.45, 2.75) is 37.7 Å². The lowest BCUT2D eigenvalue weighted by Gasteiger charge is -2.36. The number of hydrogen-bond acceptors (Lipinski definition) is 2. The highest BCUT2D eigenvalue weighted by atomic mass is 16.3. The molecular formula is C7H15NO. The molecule has 2 nitrogen and oxygen atoms in total. The zero-order valence-corrected chi connectivity index (χ0v) is 5.77. The summed E-state index contributed by atoms with van der Waals surface area (Å²) < 4.78 is 0. The zero-order valence-electron chi connectivity index (χ0n) is 5.77. The molecule has 1 rings (SSSR count). The van der Waals surface area contributed by atoms with Gasteiger partial charge in [0, 0.05) is 0 Å². The third-order valence-electron chi connectivity index (χ3n) is 2.13. The molecule has 0 aromatic carbocycles. The lowest BCUT2D eigenvalue weighted by atomic mass is 9.77. The lowest BCUT2D eigenvalue weighted by Crippen LogP contribution is -2.36. The van der Waals surface area contributed by atoms with Crippen LogP contribution in [0.3, 0.4) is 0 Å². The maximum Gasteiger partial charge on any atom is 0.0648 e. The Morgan fingerprint density at radius 2 is 2.11 bits per heavy atom. The van der Waals surface area contributed by atoms with E-state index in [1.54, 1.807) is 0 Å². The van der Waals surface area contributed by atoms with Gasteiger partial charge >= 0.3 is 0 Å². The number of aliphatic hydroxyl groups is 1. The molecular weight excluding hydrogens is 114 g/mol. The van der Waals surface area contributed by atoms with Gasteiger partial charge < -0.3 is 10.8 Å². The maximum absolute atomic E-state index is 9.49. The molecule has 0 heterocycles. The van der Waals surface area contributed by atoms with Gasteiger partial charge in [0.1, 0.15) is 0 Å². The molecule has 0 atom stereocenters. The number of rotatable bonds is 3. The van der Waals surface area contributed by atoms with Crippen LogP contribution in [0.25, 0.3) is 0 Å². The highest BCUT2D eigenvalue weighted by Gasteiger charge is 2.32. The van der Waals surface area contributed by atoms with Crippen LogP contribution in [0.5, 0.6) is 0 Å². The van der Waals surface area contributed by atoms with Crippen molar-refractivity contribution in [3.05, 3.63) is 0 Å².